The van der Waals surface area contributed by atoms with E-state index in [0.29, 0.717) is 36.1 Å². The highest BCUT2D eigenvalue weighted by Crippen LogP contribution is 2.41. The average Bonchev–Trinajstić information content (AvgIpc) is 3.06. The Morgan fingerprint density at radius 2 is 1.60 bits per heavy atom. The lowest BCUT2D eigenvalue weighted by atomic mass is 10.2. The fourth-order valence-corrected chi connectivity index (χ4v) is 2.93. The first kappa shape index (κ1) is 23.1. The van der Waals surface area contributed by atoms with Gasteiger partial charge >= 0.3 is 0 Å². The number of nitriles is 1. The molecule has 7 nitrogen and oxygen atoms in total. The van der Waals surface area contributed by atoms with Crippen molar-refractivity contribution in [1.29, 1.82) is 5.26 Å². The van der Waals surface area contributed by atoms with Gasteiger partial charge in [0.15, 0.2) is 22.9 Å². The van der Waals surface area contributed by atoms with Gasteiger partial charge in [0.05, 0.1) is 20.3 Å². The SMILES string of the molecule is CCCCOc1c(OCCCC)c(C(=O)N(C)C)n(-c2ccc(OC)cc2)c1C#N. The Labute approximate surface area is 178 Å². The highest BCUT2D eigenvalue weighted by atomic mass is 16.5. The van der Waals surface area contributed by atoms with Gasteiger partial charge in [-0.15, -0.1) is 0 Å². The molecule has 0 saturated carbocycles. The van der Waals surface area contributed by atoms with Crippen LogP contribution in [0, 0.1) is 11.3 Å². The summed E-state index contributed by atoms with van der Waals surface area (Å²) in [6.45, 7) is 5.01. The van der Waals surface area contributed by atoms with Crippen LogP contribution >= 0.6 is 0 Å². The van der Waals surface area contributed by atoms with E-state index in [2.05, 4.69) is 19.9 Å². The minimum atomic E-state index is -0.265. The second-order valence-electron chi connectivity index (χ2n) is 7.10. The zero-order valence-corrected chi connectivity index (χ0v) is 18.5. The van der Waals surface area contributed by atoms with Crippen molar-refractivity contribution in [3.63, 3.8) is 0 Å². The summed E-state index contributed by atoms with van der Waals surface area (Å²) in [4.78, 5) is 14.6. The maximum absolute atomic E-state index is 13.2. The molecule has 30 heavy (non-hydrogen) atoms. The second-order valence-corrected chi connectivity index (χ2v) is 7.10. The van der Waals surface area contributed by atoms with Crippen molar-refractivity contribution in [2.75, 3.05) is 34.4 Å². The van der Waals surface area contributed by atoms with E-state index < -0.39 is 0 Å². The standard InChI is InChI=1S/C23H31N3O4/c1-6-8-14-29-21-19(16-24)26(17-10-12-18(28-5)13-11-17)20(23(27)25(3)4)22(21)30-15-9-7-2/h10-13H,6-9,14-15H2,1-5H3. The third-order valence-electron chi connectivity index (χ3n) is 4.62. The number of unbranched alkanes of at least 4 members (excludes halogenated alkanes) is 2. The van der Waals surface area contributed by atoms with Crippen molar-refractivity contribution in [3.05, 3.63) is 35.7 Å². The first-order chi connectivity index (χ1) is 14.5. The first-order valence-electron chi connectivity index (χ1n) is 10.3. The van der Waals surface area contributed by atoms with Gasteiger partial charge < -0.3 is 19.1 Å². The topological polar surface area (TPSA) is 76.7 Å². The van der Waals surface area contributed by atoms with E-state index in [4.69, 9.17) is 14.2 Å². The number of aromatic nitrogens is 1. The van der Waals surface area contributed by atoms with Crippen LogP contribution in [0.3, 0.4) is 0 Å². The van der Waals surface area contributed by atoms with Crippen molar-refractivity contribution in [2.24, 2.45) is 0 Å². The predicted molar refractivity (Wildman–Crippen MR) is 116 cm³/mol. The molecule has 0 fully saturated rings. The summed E-state index contributed by atoms with van der Waals surface area (Å²) in [5, 5.41) is 9.99. The lowest BCUT2D eigenvalue weighted by Gasteiger charge is -2.16. The fourth-order valence-electron chi connectivity index (χ4n) is 2.93. The van der Waals surface area contributed by atoms with Crippen LogP contribution in [0.1, 0.15) is 55.7 Å². The summed E-state index contributed by atoms with van der Waals surface area (Å²) in [5.74, 6) is 1.07. The van der Waals surface area contributed by atoms with Crippen LogP contribution in [0.4, 0.5) is 0 Å². The predicted octanol–water partition coefficient (Wildman–Crippen LogP) is 4.42. The molecule has 1 heterocycles. The fraction of sp³-hybridized carbons (Fsp3) is 0.478. The van der Waals surface area contributed by atoms with Gasteiger partial charge in [0.2, 0.25) is 0 Å². The molecule has 0 spiro atoms. The van der Waals surface area contributed by atoms with Gasteiger partial charge in [-0.2, -0.15) is 5.26 Å². The number of benzene rings is 1. The average molecular weight is 414 g/mol. The summed E-state index contributed by atoms with van der Waals surface area (Å²) in [5.41, 5.74) is 1.18. The lowest BCUT2D eigenvalue weighted by Crippen LogP contribution is -2.25. The molecule has 0 aliphatic heterocycles. The van der Waals surface area contributed by atoms with Crippen molar-refractivity contribution < 1.29 is 19.0 Å². The molecular weight excluding hydrogens is 382 g/mol. The molecule has 0 saturated heterocycles. The Morgan fingerprint density at radius 1 is 1.03 bits per heavy atom. The summed E-state index contributed by atoms with van der Waals surface area (Å²) in [7, 11) is 4.94. The molecule has 0 aliphatic carbocycles. The molecule has 2 aromatic rings. The number of hydrogen-bond acceptors (Lipinski definition) is 5. The first-order valence-corrected chi connectivity index (χ1v) is 10.3. The van der Waals surface area contributed by atoms with Crippen molar-refractivity contribution >= 4 is 5.91 Å². The third kappa shape index (κ3) is 5.07. The third-order valence-corrected chi connectivity index (χ3v) is 4.62. The highest BCUT2D eigenvalue weighted by molar-refractivity contribution is 5.98. The molecule has 2 rings (SSSR count). The maximum Gasteiger partial charge on any atom is 0.274 e. The molecule has 0 atom stereocenters. The van der Waals surface area contributed by atoms with Gasteiger partial charge in [-0.05, 0) is 37.1 Å². The van der Waals surface area contributed by atoms with E-state index in [0.717, 1.165) is 25.7 Å². The maximum atomic E-state index is 13.2. The molecule has 0 bridgehead atoms. The lowest BCUT2D eigenvalue weighted by molar-refractivity contribution is 0.0814. The quantitative estimate of drug-likeness (QED) is 0.510. The van der Waals surface area contributed by atoms with Crippen LogP contribution in [0.15, 0.2) is 24.3 Å². The number of rotatable bonds is 11. The van der Waals surface area contributed by atoms with Crippen LogP contribution < -0.4 is 14.2 Å². The van der Waals surface area contributed by atoms with Crippen molar-refractivity contribution in [2.45, 2.75) is 39.5 Å². The summed E-state index contributed by atoms with van der Waals surface area (Å²) in [6, 6.07) is 9.40. The zero-order chi connectivity index (χ0) is 22.1. The van der Waals surface area contributed by atoms with Crippen LogP contribution in [-0.2, 0) is 0 Å². The largest absolute Gasteiger partial charge is 0.497 e. The van der Waals surface area contributed by atoms with E-state index in [1.54, 1.807) is 50.0 Å². The van der Waals surface area contributed by atoms with Gasteiger partial charge in [0.1, 0.15) is 11.8 Å². The van der Waals surface area contributed by atoms with Crippen LogP contribution in [0.5, 0.6) is 17.2 Å². The minimum Gasteiger partial charge on any atom is -0.497 e. The smallest absolute Gasteiger partial charge is 0.274 e. The van der Waals surface area contributed by atoms with E-state index in [1.165, 1.54) is 4.90 Å². The normalized spacial score (nSPS) is 10.4. The second kappa shape index (κ2) is 11.1. The number of nitrogens with zero attached hydrogens (tertiary/aromatic N) is 3. The Kier molecular flexibility index (Phi) is 8.60. The molecular formula is C23H31N3O4. The number of methoxy groups -OCH3 is 1. The Balaban J connectivity index is 2.73. The van der Waals surface area contributed by atoms with Crippen LogP contribution in [0.2, 0.25) is 0 Å². The Morgan fingerprint density at radius 3 is 2.07 bits per heavy atom. The number of carbonyl (C=O) groups excluding carboxylic acids is 1. The summed E-state index contributed by atoms with van der Waals surface area (Å²) >= 11 is 0. The molecule has 162 valence electrons. The van der Waals surface area contributed by atoms with Crippen molar-refractivity contribution in [3.8, 4) is 29.0 Å². The number of hydrogen-bond donors (Lipinski definition) is 0. The summed E-state index contributed by atoms with van der Waals surface area (Å²) < 4.78 is 18.9. The number of carbonyl (C=O) groups is 1. The van der Waals surface area contributed by atoms with Crippen molar-refractivity contribution in [1.82, 2.24) is 9.47 Å². The molecule has 0 aliphatic rings. The van der Waals surface area contributed by atoms with E-state index in [-0.39, 0.29) is 17.3 Å². The van der Waals surface area contributed by atoms with Gasteiger partial charge in [-0.3, -0.25) is 9.36 Å². The van der Waals surface area contributed by atoms with E-state index in [1.807, 2.05) is 0 Å². The Bertz CT molecular complexity index is 879. The van der Waals surface area contributed by atoms with Crippen LogP contribution in [0.25, 0.3) is 5.69 Å². The number of amides is 1. The molecule has 1 aromatic carbocycles. The summed E-state index contributed by atoms with van der Waals surface area (Å²) in [6.07, 6.45) is 3.58. The zero-order valence-electron chi connectivity index (χ0n) is 18.5. The van der Waals surface area contributed by atoms with E-state index >= 15 is 0 Å². The van der Waals surface area contributed by atoms with E-state index in [9.17, 15) is 10.1 Å². The number of ether oxygens (including phenoxy) is 3. The molecule has 0 N–H and O–H groups in total. The molecule has 7 heteroatoms. The van der Waals surface area contributed by atoms with Gasteiger partial charge in [0, 0.05) is 19.8 Å². The monoisotopic (exact) mass is 413 g/mol. The van der Waals surface area contributed by atoms with Crippen LogP contribution in [-0.4, -0.2) is 49.8 Å². The molecule has 1 amide bonds. The molecule has 1 aromatic heterocycles. The highest BCUT2D eigenvalue weighted by Gasteiger charge is 2.32. The van der Waals surface area contributed by atoms with Gasteiger partial charge in [-0.1, -0.05) is 26.7 Å². The molecule has 0 unspecified atom stereocenters. The Hall–Kier alpha value is -3.14. The molecule has 0 radical (unpaired) electrons. The minimum absolute atomic E-state index is 0.243. The van der Waals surface area contributed by atoms with Gasteiger partial charge in [0.25, 0.3) is 5.91 Å². The van der Waals surface area contributed by atoms with Gasteiger partial charge in [-0.25, -0.2) is 0 Å².